The van der Waals surface area contributed by atoms with Crippen molar-refractivity contribution in [3.63, 3.8) is 0 Å². The predicted octanol–water partition coefficient (Wildman–Crippen LogP) is 4.00. The number of carbonyl (C=O) groups excluding carboxylic acids is 1. The highest BCUT2D eigenvalue weighted by molar-refractivity contribution is 5.95. The summed E-state index contributed by atoms with van der Waals surface area (Å²) in [6, 6.07) is 10.5. The van der Waals surface area contributed by atoms with Gasteiger partial charge in [0.15, 0.2) is 0 Å². The van der Waals surface area contributed by atoms with E-state index in [0.717, 1.165) is 28.7 Å². The first kappa shape index (κ1) is 17.7. The summed E-state index contributed by atoms with van der Waals surface area (Å²) in [6.45, 7) is 9.75. The van der Waals surface area contributed by atoms with E-state index >= 15 is 0 Å². The topological polar surface area (TPSA) is 41.1 Å². The van der Waals surface area contributed by atoms with Gasteiger partial charge in [0.25, 0.3) is 5.91 Å². The second-order valence-electron chi connectivity index (χ2n) is 5.95. The minimum Gasteiger partial charge on any atom is -0.303 e. The maximum Gasteiger partial charge on any atom is 0.269 e. The Morgan fingerprint density at radius 2 is 1.92 bits per heavy atom. The molecule has 4 heteroatoms. The number of amides is 1. The summed E-state index contributed by atoms with van der Waals surface area (Å²) in [5.74, 6) is -0.471. The zero-order valence-corrected chi connectivity index (χ0v) is 14.4. The molecule has 1 amide bonds. The number of halogens is 1. The van der Waals surface area contributed by atoms with Crippen molar-refractivity contribution in [3.8, 4) is 0 Å². The molecule has 0 aliphatic rings. The van der Waals surface area contributed by atoms with Crippen LogP contribution in [0.15, 0.2) is 48.7 Å². The number of aryl methyl sites for hydroxylation is 2. The molecule has 0 aliphatic carbocycles. The third-order valence-electron chi connectivity index (χ3n) is 3.88. The van der Waals surface area contributed by atoms with Crippen molar-refractivity contribution < 1.29 is 9.18 Å². The Balaban J connectivity index is 1.99. The number of hydrogen-bond donors (Lipinski definition) is 2. The SMILES string of the molecule is C=C(Cc1cc(C)cc(F)c1)NNC(=O)c1cccc(C)c1CC. The second-order valence-corrected chi connectivity index (χ2v) is 5.95. The molecule has 0 unspecified atom stereocenters. The van der Waals surface area contributed by atoms with Gasteiger partial charge in [0.1, 0.15) is 5.82 Å². The van der Waals surface area contributed by atoms with Gasteiger partial charge in [-0.25, -0.2) is 4.39 Å². The number of hydrazine groups is 1. The van der Waals surface area contributed by atoms with Crippen molar-refractivity contribution in [2.75, 3.05) is 0 Å². The van der Waals surface area contributed by atoms with Crippen LogP contribution >= 0.6 is 0 Å². The summed E-state index contributed by atoms with van der Waals surface area (Å²) in [5.41, 5.74) is 10.5. The number of benzene rings is 2. The fourth-order valence-corrected chi connectivity index (χ4v) is 2.80. The van der Waals surface area contributed by atoms with Crippen LogP contribution in [-0.2, 0) is 12.8 Å². The Bertz CT molecular complexity index is 748. The van der Waals surface area contributed by atoms with Gasteiger partial charge in [-0.2, -0.15) is 0 Å². The number of nitrogens with one attached hydrogen (secondary N) is 2. The predicted molar refractivity (Wildman–Crippen MR) is 95.1 cm³/mol. The molecule has 0 fully saturated rings. The highest BCUT2D eigenvalue weighted by Crippen LogP contribution is 2.15. The summed E-state index contributed by atoms with van der Waals surface area (Å²) in [5, 5.41) is 0. The number of carbonyl (C=O) groups is 1. The average Bonchev–Trinajstić information content (AvgIpc) is 2.51. The van der Waals surface area contributed by atoms with Gasteiger partial charge < -0.3 is 5.43 Å². The van der Waals surface area contributed by atoms with E-state index in [9.17, 15) is 9.18 Å². The first-order valence-corrected chi connectivity index (χ1v) is 7.99. The summed E-state index contributed by atoms with van der Waals surface area (Å²) < 4.78 is 13.4. The quantitative estimate of drug-likeness (QED) is 0.788. The molecule has 0 aromatic heterocycles. The van der Waals surface area contributed by atoms with E-state index in [0.29, 0.717) is 17.7 Å². The number of allylic oxidation sites excluding steroid dienone is 1. The van der Waals surface area contributed by atoms with Crippen LogP contribution < -0.4 is 10.9 Å². The fourth-order valence-electron chi connectivity index (χ4n) is 2.80. The van der Waals surface area contributed by atoms with Gasteiger partial charge in [0, 0.05) is 17.7 Å². The van der Waals surface area contributed by atoms with Gasteiger partial charge in [0.05, 0.1) is 0 Å². The van der Waals surface area contributed by atoms with Crippen molar-refractivity contribution >= 4 is 5.91 Å². The molecule has 0 bridgehead atoms. The molecule has 2 rings (SSSR count). The van der Waals surface area contributed by atoms with Crippen LogP contribution in [-0.4, -0.2) is 5.91 Å². The van der Waals surface area contributed by atoms with Crippen molar-refractivity contribution in [3.05, 3.63) is 82.3 Å². The number of hydrogen-bond acceptors (Lipinski definition) is 2. The Hall–Kier alpha value is -2.62. The molecule has 0 atom stereocenters. The molecule has 2 N–H and O–H groups in total. The zero-order chi connectivity index (χ0) is 17.7. The van der Waals surface area contributed by atoms with Crippen LogP contribution in [0.1, 0.15) is 39.5 Å². The van der Waals surface area contributed by atoms with E-state index in [4.69, 9.17) is 0 Å². The molecule has 24 heavy (non-hydrogen) atoms. The van der Waals surface area contributed by atoms with Crippen LogP contribution in [0.2, 0.25) is 0 Å². The highest BCUT2D eigenvalue weighted by atomic mass is 19.1. The molecule has 0 radical (unpaired) electrons. The molecule has 126 valence electrons. The molecule has 2 aromatic rings. The lowest BCUT2D eigenvalue weighted by Crippen LogP contribution is -2.37. The molecule has 0 aliphatic heterocycles. The van der Waals surface area contributed by atoms with Gasteiger partial charge in [-0.15, -0.1) is 0 Å². The summed E-state index contributed by atoms with van der Waals surface area (Å²) in [6.07, 6.45) is 1.23. The van der Waals surface area contributed by atoms with Crippen LogP contribution in [0.5, 0.6) is 0 Å². The average molecular weight is 326 g/mol. The van der Waals surface area contributed by atoms with Crippen molar-refractivity contribution in [2.45, 2.75) is 33.6 Å². The van der Waals surface area contributed by atoms with Crippen molar-refractivity contribution in [1.29, 1.82) is 0 Å². The van der Waals surface area contributed by atoms with E-state index in [1.165, 1.54) is 12.1 Å². The van der Waals surface area contributed by atoms with Crippen LogP contribution in [0.25, 0.3) is 0 Å². The molecule has 0 heterocycles. The molecular formula is C20H23FN2O. The normalized spacial score (nSPS) is 10.3. The Morgan fingerprint density at radius 1 is 1.17 bits per heavy atom. The largest absolute Gasteiger partial charge is 0.303 e. The van der Waals surface area contributed by atoms with Gasteiger partial charge in [-0.1, -0.05) is 31.7 Å². The Morgan fingerprint density at radius 3 is 2.58 bits per heavy atom. The summed E-state index contributed by atoms with van der Waals surface area (Å²) in [7, 11) is 0. The van der Waals surface area contributed by atoms with Crippen LogP contribution in [0.4, 0.5) is 4.39 Å². The van der Waals surface area contributed by atoms with Crippen LogP contribution in [0, 0.1) is 19.7 Å². The zero-order valence-electron chi connectivity index (χ0n) is 14.4. The van der Waals surface area contributed by atoms with E-state index in [1.807, 2.05) is 45.0 Å². The molecule has 3 nitrogen and oxygen atoms in total. The lowest BCUT2D eigenvalue weighted by molar-refractivity contribution is 0.0937. The molecule has 0 saturated heterocycles. The van der Waals surface area contributed by atoms with Gasteiger partial charge in [0.2, 0.25) is 0 Å². The molecular weight excluding hydrogens is 303 g/mol. The van der Waals surface area contributed by atoms with Crippen LogP contribution in [0.3, 0.4) is 0 Å². The molecule has 2 aromatic carbocycles. The van der Waals surface area contributed by atoms with E-state index in [-0.39, 0.29) is 11.7 Å². The maximum absolute atomic E-state index is 13.4. The monoisotopic (exact) mass is 326 g/mol. The van der Waals surface area contributed by atoms with E-state index in [2.05, 4.69) is 17.4 Å². The molecule has 0 saturated carbocycles. The Kier molecular flexibility index (Phi) is 5.74. The van der Waals surface area contributed by atoms with E-state index in [1.54, 1.807) is 0 Å². The smallest absolute Gasteiger partial charge is 0.269 e. The second kappa shape index (κ2) is 7.77. The summed E-state index contributed by atoms with van der Waals surface area (Å²) >= 11 is 0. The van der Waals surface area contributed by atoms with Gasteiger partial charge in [-0.05, 0) is 60.7 Å². The summed E-state index contributed by atoms with van der Waals surface area (Å²) in [4.78, 5) is 12.4. The number of rotatable bonds is 6. The lowest BCUT2D eigenvalue weighted by Gasteiger charge is -2.14. The first-order valence-electron chi connectivity index (χ1n) is 7.99. The van der Waals surface area contributed by atoms with Crippen molar-refractivity contribution in [2.24, 2.45) is 0 Å². The lowest BCUT2D eigenvalue weighted by atomic mass is 9.99. The first-order chi connectivity index (χ1) is 11.4. The standard InChI is InChI=1S/C20H23FN2O/c1-5-18-14(3)7-6-8-19(18)20(24)23-22-15(4)11-16-9-13(2)10-17(21)12-16/h6-10,12,22H,4-5,11H2,1-3H3,(H,23,24). The van der Waals surface area contributed by atoms with Gasteiger partial charge in [-0.3, -0.25) is 10.2 Å². The minimum atomic E-state index is -0.269. The highest BCUT2D eigenvalue weighted by Gasteiger charge is 2.11. The van der Waals surface area contributed by atoms with Crippen molar-refractivity contribution in [1.82, 2.24) is 10.9 Å². The minimum absolute atomic E-state index is 0.202. The third-order valence-corrected chi connectivity index (χ3v) is 3.88. The van der Waals surface area contributed by atoms with E-state index < -0.39 is 0 Å². The van der Waals surface area contributed by atoms with Gasteiger partial charge >= 0.3 is 0 Å². The molecule has 0 spiro atoms. The third kappa shape index (κ3) is 4.44. The Labute approximate surface area is 142 Å². The fraction of sp³-hybridized carbons (Fsp3) is 0.250. The maximum atomic E-state index is 13.4.